The number of hydrogen-bond donors (Lipinski definition) is 1. The summed E-state index contributed by atoms with van der Waals surface area (Å²) in [4.78, 5) is 28.9. The van der Waals surface area contributed by atoms with Crippen LogP contribution in [0.4, 0.5) is 5.69 Å². The van der Waals surface area contributed by atoms with E-state index in [0.29, 0.717) is 34.5 Å². The standard InChI is InChI=1S/C25H19BrN2O4/c1-2-31-22-13-10-18(26)15-17(22)9-14-23(29)27-19-11-7-16(8-12-19)24-28-21-6-4-3-5-20(21)25(30)32-24/h3-15H,2H2,1H3,(H,27,29)/b14-9+. The van der Waals surface area contributed by atoms with Gasteiger partial charge in [-0.2, -0.15) is 0 Å². The minimum atomic E-state index is -0.438. The third-order valence-corrected chi connectivity index (χ3v) is 5.11. The maximum absolute atomic E-state index is 12.4. The topological polar surface area (TPSA) is 81.4 Å². The second-order valence-corrected chi connectivity index (χ2v) is 7.75. The molecule has 0 unspecified atom stereocenters. The Morgan fingerprint density at radius 3 is 2.69 bits per heavy atom. The number of halogens is 1. The zero-order valence-electron chi connectivity index (χ0n) is 17.2. The molecule has 0 radical (unpaired) electrons. The van der Waals surface area contributed by atoms with E-state index < -0.39 is 5.63 Å². The molecule has 0 saturated carbocycles. The van der Waals surface area contributed by atoms with E-state index in [1.54, 1.807) is 48.5 Å². The maximum Gasteiger partial charge on any atom is 0.347 e. The van der Waals surface area contributed by atoms with Gasteiger partial charge in [0, 0.05) is 27.4 Å². The summed E-state index contributed by atoms with van der Waals surface area (Å²) >= 11 is 3.43. The molecule has 6 nitrogen and oxygen atoms in total. The highest BCUT2D eigenvalue weighted by Gasteiger charge is 2.09. The zero-order valence-corrected chi connectivity index (χ0v) is 18.8. The van der Waals surface area contributed by atoms with E-state index in [1.807, 2.05) is 31.2 Å². The lowest BCUT2D eigenvalue weighted by Gasteiger charge is -2.07. The highest BCUT2D eigenvalue weighted by molar-refractivity contribution is 9.10. The van der Waals surface area contributed by atoms with Crippen molar-refractivity contribution >= 4 is 44.5 Å². The lowest BCUT2D eigenvalue weighted by Crippen LogP contribution is -2.07. The lowest BCUT2D eigenvalue weighted by molar-refractivity contribution is -0.111. The van der Waals surface area contributed by atoms with Gasteiger partial charge in [0.1, 0.15) is 5.75 Å². The fourth-order valence-corrected chi connectivity index (χ4v) is 3.50. The van der Waals surface area contributed by atoms with E-state index in [0.717, 1.165) is 10.0 Å². The van der Waals surface area contributed by atoms with Gasteiger partial charge < -0.3 is 14.5 Å². The van der Waals surface area contributed by atoms with Gasteiger partial charge in [-0.05, 0) is 67.6 Å². The molecule has 1 heterocycles. The average molecular weight is 491 g/mol. The molecule has 0 saturated heterocycles. The molecule has 0 aliphatic rings. The molecule has 0 bridgehead atoms. The van der Waals surface area contributed by atoms with E-state index >= 15 is 0 Å². The zero-order chi connectivity index (χ0) is 22.5. The van der Waals surface area contributed by atoms with Crippen LogP contribution in [0.3, 0.4) is 0 Å². The molecular weight excluding hydrogens is 472 g/mol. The van der Waals surface area contributed by atoms with E-state index in [4.69, 9.17) is 9.15 Å². The molecule has 0 fully saturated rings. The Bertz CT molecular complexity index is 1360. The van der Waals surface area contributed by atoms with Crippen molar-refractivity contribution in [3.8, 4) is 17.2 Å². The number of benzene rings is 3. The predicted octanol–water partition coefficient (Wildman–Crippen LogP) is 5.67. The highest BCUT2D eigenvalue weighted by Crippen LogP contribution is 2.25. The molecule has 0 aliphatic heterocycles. The molecular formula is C25H19BrN2O4. The van der Waals surface area contributed by atoms with Gasteiger partial charge in [-0.15, -0.1) is 0 Å². The Hall–Kier alpha value is -3.71. The number of hydrogen-bond acceptors (Lipinski definition) is 5. The summed E-state index contributed by atoms with van der Waals surface area (Å²) in [6.45, 7) is 2.44. The third-order valence-electron chi connectivity index (χ3n) is 4.62. The number of para-hydroxylation sites is 1. The van der Waals surface area contributed by atoms with E-state index in [9.17, 15) is 9.59 Å². The number of carbonyl (C=O) groups is 1. The Morgan fingerprint density at radius 1 is 1.12 bits per heavy atom. The van der Waals surface area contributed by atoms with Crippen molar-refractivity contribution in [3.63, 3.8) is 0 Å². The van der Waals surface area contributed by atoms with Crippen molar-refractivity contribution in [1.82, 2.24) is 4.98 Å². The highest BCUT2D eigenvalue weighted by atomic mass is 79.9. The van der Waals surface area contributed by atoms with Crippen LogP contribution >= 0.6 is 15.9 Å². The molecule has 1 aromatic heterocycles. The second-order valence-electron chi connectivity index (χ2n) is 6.84. The van der Waals surface area contributed by atoms with Gasteiger partial charge in [0.05, 0.1) is 17.5 Å². The first-order valence-corrected chi connectivity index (χ1v) is 10.7. The SMILES string of the molecule is CCOc1ccc(Br)cc1/C=C/C(=O)Nc1ccc(-c2nc3ccccc3c(=O)o2)cc1. The Balaban J connectivity index is 1.49. The van der Waals surface area contributed by atoms with E-state index in [-0.39, 0.29) is 11.8 Å². The first-order valence-electron chi connectivity index (χ1n) is 9.95. The van der Waals surface area contributed by atoms with E-state index in [2.05, 4.69) is 26.2 Å². The van der Waals surface area contributed by atoms with Crippen molar-refractivity contribution in [2.75, 3.05) is 11.9 Å². The van der Waals surface area contributed by atoms with Crippen LogP contribution in [0.5, 0.6) is 5.75 Å². The summed E-state index contributed by atoms with van der Waals surface area (Å²) in [5.41, 5.74) is 2.17. The molecule has 4 aromatic rings. The first kappa shape index (κ1) is 21.5. The second kappa shape index (κ2) is 9.62. The van der Waals surface area contributed by atoms with Gasteiger partial charge in [-0.1, -0.05) is 28.1 Å². The predicted molar refractivity (Wildman–Crippen MR) is 129 cm³/mol. The number of nitrogens with one attached hydrogen (secondary N) is 1. The monoisotopic (exact) mass is 490 g/mol. The summed E-state index contributed by atoms with van der Waals surface area (Å²) < 4.78 is 11.8. The van der Waals surface area contributed by atoms with Crippen LogP contribution in [0.25, 0.3) is 28.4 Å². The summed E-state index contributed by atoms with van der Waals surface area (Å²) in [6, 6.07) is 19.6. The van der Waals surface area contributed by atoms with Crippen LogP contribution in [0.15, 0.2) is 86.5 Å². The molecule has 32 heavy (non-hydrogen) atoms. The quantitative estimate of drug-likeness (QED) is 0.352. The molecule has 0 atom stereocenters. The molecule has 1 amide bonds. The van der Waals surface area contributed by atoms with Crippen LogP contribution < -0.4 is 15.7 Å². The molecule has 0 spiro atoms. The largest absolute Gasteiger partial charge is 0.493 e. The van der Waals surface area contributed by atoms with Crippen LogP contribution in [0.2, 0.25) is 0 Å². The van der Waals surface area contributed by atoms with Crippen LogP contribution in [0.1, 0.15) is 12.5 Å². The summed E-state index contributed by atoms with van der Waals surface area (Å²) in [6.07, 6.45) is 3.15. The summed E-state index contributed by atoms with van der Waals surface area (Å²) in [7, 11) is 0. The minimum Gasteiger partial charge on any atom is -0.493 e. The van der Waals surface area contributed by atoms with Gasteiger partial charge in [-0.25, -0.2) is 9.78 Å². The van der Waals surface area contributed by atoms with Crippen molar-refractivity contribution in [2.45, 2.75) is 6.92 Å². The minimum absolute atomic E-state index is 0.226. The normalized spacial score (nSPS) is 11.1. The maximum atomic E-state index is 12.4. The lowest BCUT2D eigenvalue weighted by atomic mass is 10.1. The molecule has 0 aliphatic carbocycles. The number of nitrogens with zero attached hydrogens (tertiary/aromatic N) is 1. The van der Waals surface area contributed by atoms with Gasteiger partial charge >= 0.3 is 5.63 Å². The van der Waals surface area contributed by atoms with Gasteiger partial charge in [0.15, 0.2) is 0 Å². The number of amides is 1. The smallest absolute Gasteiger partial charge is 0.347 e. The molecule has 1 N–H and O–H groups in total. The van der Waals surface area contributed by atoms with Crippen LogP contribution in [-0.4, -0.2) is 17.5 Å². The fourth-order valence-electron chi connectivity index (χ4n) is 3.12. The number of fused-ring (bicyclic) bond motifs is 1. The summed E-state index contributed by atoms with van der Waals surface area (Å²) in [5, 5.41) is 3.24. The van der Waals surface area contributed by atoms with Crippen LogP contribution in [-0.2, 0) is 4.79 Å². The third kappa shape index (κ3) is 4.95. The Kier molecular flexibility index (Phi) is 6.47. The number of rotatable bonds is 6. The van der Waals surface area contributed by atoms with Crippen molar-refractivity contribution in [3.05, 3.63) is 93.3 Å². The molecule has 160 valence electrons. The number of carbonyl (C=O) groups excluding carboxylic acids is 1. The first-order chi connectivity index (χ1) is 15.5. The van der Waals surface area contributed by atoms with Gasteiger partial charge in [0.2, 0.25) is 11.8 Å². The van der Waals surface area contributed by atoms with Gasteiger partial charge in [0.25, 0.3) is 0 Å². The molecule has 7 heteroatoms. The van der Waals surface area contributed by atoms with Gasteiger partial charge in [-0.3, -0.25) is 4.79 Å². The average Bonchev–Trinajstić information content (AvgIpc) is 2.80. The number of anilines is 1. The molecule has 4 rings (SSSR count). The van der Waals surface area contributed by atoms with Crippen molar-refractivity contribution < 1.29 is 13.9 Å². The fraction of sp³-hybridized carbons (Fsp3) is 0.0800. The number of aromatic nitrogens is 1. The Labute approximate surface area is 192 Å². The molecule has 3 aromatic carbocycles. The van der Waals surface area contributed by atoms with Crippen molar-refractivity contribution in [1.29, 1.82) is 0 Å². The van der Waals surface area contributed by atoms with Crippen LogP contribution in [0, 0.1) is 0 Å². The number of ether oxygens (including phenoxy) is 1. The Morgan fingerprint density at radius 2 is 1.91 bits per heavy atom. The van der Waals surface area contributed by atoms with Crippen molar-refractivity contribution in [2.24, 2.45) is 0 Å². The van der Waals surface area contributed by atoms with E-state index in [1.165, 1.54) is 6.08 Å². The summed E-state index contributed by atoms with van der Waals surface area (Å²) in [5.74, 6) is 0.647.